The normalized spacial score (nSPS) is 12.5. The zero-order valence-corrected chi connectivity index (χ0v) is 15.9. The van der Waals surface area contributed by atoms with E-state index in [1.54, 1.807) is 18.3 Å². The fourth-order valence-corrected chi connectivity index (χ4v) is 3.33. The number of carbonyl (C=O) groups excluding carboxylic acids is 1. The first-order valence-electron chi connectivity index (χ1n) is 9.33. The molecule has 1 N–H and O–H groups in total. The molecule has 0 saturated heterocycles. The van der Waals surface area contributed by atoms with Gasteiger partial charge in [0.2, 0.25) is 5.91 Å². The molecular weight excluding hydrogens is 343 g/mol. The Morgan fingerprint density at radius 1 is 1.26 bits per heavy atom. The van der Waals surface area contributed by atoms with Crippen molar-refractivity contribution in [3.63, 3.8) is 0 Å². The summed E-state index contributed by atoms with van der Waals surface area (Å²) in [6.07, 6.45) is 2.65. The number of hydrogen-bond donors (Lipinski definition) is 1. The SMILES string of the molecule is CCn1c([C@@H](CC(C)C)NC(=O)Cc2cccc(F)c2)nc2cccnc21. The molecule has 1 atom stereocenters. The topological polar surface area (TPSA) is 59.8 Å². The van der Waals surface area contributed by atoms with Crippen molar-refractivity contribution >= 4 is 17.1 Å². The van der Waals surface area contributed by atoms with E-state index in [9.17, 15) is 9.18 Å². The monoisotopic (exact) mass is 368 g/mol. The number of nitrogens with zero attached hydrogens (tertiary/aromatic N) is 3. The molecule has 27 heavy (non-hydrogen) atoms. The number of imidazole rings is 1. The molecule has 3 rings (SSSR count). The second kappa shape index (κ2) is 8.29. The molecule has 142 valence electrons. The minimum Gasteiger partial charge on any atom is -0.346 e. The van der Waals surface area contributed by atoms with E-state index in [1.165, 1.54) is 12.1 Å². The largest absolute Gasteiger partial charge is 0.346 e. The Morgan fingerprint density at radius 3 is 2.78 bits per heavy atom. The van der Waals surface area contributed by atoms with Crippen LogP contribution in [0, 0.1) is 11.7 Å². The number of carbonyl (C=O) groups is 1. The summed E-state index contributed by atoms with van der Waals surface area (Å²) in [5, 5.41) is 3.10. The maximum atomic E-state index is 13.4. The van der Waals surface area contributed by atoms with E-state index in [-0.39, 0.29) is 24.2 Å². The Balaban J connectivity index is 1.87. The van der Waals surface area contributed by atoms with Gasteiger partial charge in [-0.1, -0.05) is 26.0 Å². The number of amides is 1. The Kier molecular flexibility index (Phi) is 5.84. The second-order valence-electron chi connectivity index (χ2n) is 7.12. The van der Waals surface area contributed by atoms with Gasteiger partial charge in [0.1, 0.15) is 17.2 Å². The molecule has 2 heterocycles. The summed E-state index contributed by atoms with van der Waals surface area (Å²) < 4.78 is 15.4. The third kappa shape index (κ3) is 4.51. The van der Waals surface area contributed by atoms with Gasteiger partial charge in [0.15, 0.2) is 5.65 Å². The number of benzene rings is 1. The molecule has 2 aromatic heterocycles. The van der Waals surface area contributed by atoms with E-state index < -0.39 is 0 Å². The summed E-state index contributed by atoms with van der Waals surface area (Å²) in [6.45, 7) is 6.99. The summed E-state index contributed by atoms with van der Waals surface area (Å²) in [6, 6.07) is 9.71. The number of nitrogens with one attached hydrogen (secondary N) is 1. The van der Waals surface area contributed by atoms with Crippen molar-refractivity contribution in [1.82, 2.24) is 19.9 Å². The third-order valence-electron chi connectivity index (χ3n) is 4.46. The standard InChI is InChI=1S/C21H25FN4O/c1-4-26-20-17(9-6-10-23-20)25-21(26)18(11-14(2)3)24-19(27)13-15-7-5-8-16(22)12-15/h5-10,12,14,18H,4,11,13H2,1-3H3,(H,24,27)/t18-/m1/s1. The number of halogens is 1. The predicted octanol–water partition coefficient (Wildman–Crippen LogP) is 4.04. The van der Waals surface area contributed by atoms with Gasteiger partial charge in [0.25, 0.3) is 0 Å². The minimum atomic E-state index is -0.335. The number of aryl methyl sites for hydroxylation is 1. The van der Waals surface area contributed by atoms with Crippen LogP contribution in [0.5, 0.6) is 0 Å². The lowest BCUT2D eigenvalue weighted by atomic mass is 10.0. The molecule has 5 nitrogen and oxygen atoms in total. The van der Waals surface area contributed by atoms with Gasteiger partial charge in [-0.3, -0.25) is 4.79 Å². The number of aromatic nitrogens is 3. The first-order valence-corrected chi connectivity index (χ1v) is 9.33. The van der Waals surface area contributed by atoms with E-state index >= 15 is 0 Å². The molecule has 0 aliphatic heterocycles. The molecular formula is C21H25FN4O. The number of hydrogen-bond acceptors (Lipinski definition) is 3. The van der Waals surface area contributed by atoms with Gasteiger partial charge < -0.3 is 9.88 Å². The highest BCUT2D eigenvalue weighted by Gasteiger charge is 2.23. The van der Waals surface area contributed by atoms with Crippen molar-refractivity contribution < 1.29 is 9.18 Å². The van der Waals surface area contributed by atoms with E-state index in [0.717, 1.165) is 30.0 Å². The number of fused-ring (bicyclic) bond motifs is 1. The van der Waals surface area contributed by atoms with Crippen molar-refractivity contribution in [2.45, 2.75) is 46.2 Å². The summed E-state index contributed by atoms with van der Waals surface area (Å²) in [7, 11) is 0. The molecule has 0 spiro atoms. The van der Waals surface area contributed by atoms with Crippen LogP contribution in [0.25, 0.3) is 11.2 Å². The highest BCUT2D eigenvalue weighted by molar-refractivity contribution is 5.79. The van der Waals surface area contributed by atoms with Crippen molar-refractivity contribution in [1.29, 1.82) is 0 Å². The van der Waals surface area contributed by atoms with E-state index in [2.05, 4.69) is 24.1 Å². The second-order valence-corrected chi connectivity index (χ2v) is 7.12. The molecule has 0 bridgehead atoms. The first kappa shape index (κ1) is 19.0. The van der Waals surface area contributed by atoms with Crippen LogP contribution in [-0.2, 0) is 17.8 Å². The van der Waals surface area contributed by atoms with Crippen LogP contribution in [0.2, 0.25) is 0 Å². The molecule has 0 radical (unpaired) electrons. The Bertz CT molecular complexity index is 935. The van der Waals surface area contributed by atoms with Crippen molar-refractivity contribution in [2.24, 2.45) is 5.92 Å². The molecule has 0 aliphatic carbocycles. The van der Waals surface area contributed by atoms with E-state index in [4.69, 9.17) is 4.98 Å². The first-order chi connectivity index (χ1) is 13.0. The molecule has 1 aromatic carbocycles. The summed E-state index contributed by atoms with van der Waals surface area (Å²) in [5.74, 6) is 0.710. The van der Waals surface area contributed by atoms with Gasteiger partial charge in [-0.05, 0) is 49.1 Å². The summed E-state index contributed by atoms with van der Waals surface area (Å²) in [5.41, 5.74) is 2.30. The van der Waals surface area contributed by atoms with Gasteiger partial charge >= 0.3 is 0 Å². The van der Waals surface area contributed by atoms with Gasteiger partial charge in [-0.25, -0.2) is 14.4 Å². The van der Waals surface area contributed by atoms with Crippen LogP contribution < -0.4 is 5.32 Å². The van der Waals surface area contributed by atoms with E-state index in [0.29, 0.717) is 11.5 Å². The average molecular weight is 368 g/mol. The molecule has 1 amide bonds. The molecule has 6 heteroatoms. The smallest absolute Gasteiger partial charge is 0.225 e. The van der Waals surface area contributed by atoms with Crippen LogP contribution >= 0.6 is 0 Å². The average Bonchev–Trinajstić information content (AvgIpc) is 2.99. The van der Waals surface area contributed by atoms with E-state index in [1.807, 2.05) is 23.6 Å². The Morgan fingerprint density at radius 2 is 2.07 bits per heavy atom. The minimum absolute atomic E-state index is 0.136. The highest BCUT2D eigenvalue weighted by atomic mass is 19.1. The number of pyridine rings is 1. The van der Waals surface area contributed by atoms with Gasteiger partial charge in [0, 0.05) is 12.7 Å². The van der Waals surface area contributed by atoms with Crippen molar-refractivity contribution in [3.8, 4) is 0 Å². The molecule has 0 fully saturated rings. The molecule has 3 aromatic rings. The van der Waals surface area contributed by atoms with Crippen LogP contribution in [0.15, 0.2) is 42.6 Å². The fourth-order valence-electron chi connectivity index (χ4n) is 3.33. The quantitative estimate of drug-likeness (QED) is 0.685. The predicted molar refractivity (Wildman–Crippen MR) is 104 cm³/mol. The van der Waals surface area contributed by atoms with Gasteiger partial charge in [-0.15, -0.1) is 0 Å². The Hall–Kier alpha value is -2.76. The lowest BCUT2D eigenvalue weighted by molar-refractivity contribution is -0.121. The molecule has 0 aliphatic rings. The van der Waals surface area contributed by atoms with Gasteiger partial charge in [0.05, 0.1) is 12.5 Å². The lowest BCUT2D eigenvalue weighted by Crippen LogP contribution is -2.32. The number of rotatable bonds is 7. The Labute approximate surface area is 158 Å². The lowest BCUT2D eigenvalue weighted by Gasteiger charge is -2.21. The zero-order chi connectivity index (χ0) is 19.4. The third-order valence-corrected chi connectivity index (χ3v) is 4.46. The maximum Gasteiger partial charge on any atom is 0.225 e. The molecule has 0 unspecified atom stereocenters. The zero-order valence-electron chi connectivity index (χ0n) is 15.9. The van der Waals surface area contributed by atoms with Crippen LogP contribution in [0.3, 0.4) is 0 Å². The van der Waals surface area contributed by atoms with Crippen molar-refractivity contribution in [3.05, 3.63) is 59.8 Å². The fraction of sp³-hybridized carbons (Fsp3) is 0.381. The van der Waals surface area contributed by atoms with Crippen LogP contribution in [0.4, 0.5) is 4.39 Å². The maximum absolute atomic E-state index is 13.4. The van der Waals surface area contributed by atoms with Crippen LogP contribution in [-0.4, -0.2) is 20.4 Å². The van der Waals surface area contributed by atoms with Crippen molar-refractivity contribution in [2.75, 3.05) is 0 Å². The van der Waals surface area contributed by atoms with Gasteiger partial charge in [-0.2, -0.15) is 0 Å². The van der Waals surface area contributed by atoms with Crippen LogP contribution in [0.1, 0.15) is 44.6 Å². The summed E-state index contributed by atoms with van der Waals surface area (Å²) >= 11 is 0. The molecule has 0 saturated carbocycles. The summed E-state index contributed by atoms with van der Waals surface area (Å²) in [4.78, 5) is 21.8. The highest BCUT2D eigenvalue weighted by Crippen LogP contribution is 2.24.